The molecule has 2 aromatic rings. The average molecular weight is 1260 g/mol. The Hall–Kier alpha value is -3.58. The number of nitrogens with one attached hydrogen (secondary N) is 2. The zero-order chi connectivity index (χ0) is 65.4. The van der Waals surface area contributed by atoms with E-state index in [0.717, 1.165) is 89.9 Å². The number of carbonyl (C=O) groups is 2. The number of amides is 2. The van der Waals surface area contributed by atoms with Crippen molar-refractivity contribution >= 4 is 11.8 Å². The molecule has 2 aromatic heterocycles. The molecule has 0 spiro atoms. The van der Waals surface area contributed by atoms with Crippen LogP contribution in [0, 0.1) is 100 Å². The van der Waals surface area contributed by atoms with Crippen molar-refractivity contribution in [1.29, 1.82) is 0 Å². The molecule has 2 heterocycles. The first kappa shape index (κ1) is 67.4. The van der Waals surface area contributed by atoms with E-state index in [1.165, 1.54) is 11.1 Å². The summed E-state index contributed by atoms with van der Waals surface area (Å²) in [6, 6.07) is 0. The summed E-state index contributed by atoms with van der Waals surface area (Å²) < 4.78 is 21.0. The Labute approximate surface area is 544 Å². The summed E-state index contributed by atoms with van der Waals surface area (Å²) in [6.45, 7) is 37.4. The number of aromatic nitrogens is 6. The molecule has 8 saturated carbocycles. The first-order valence-corrected chi connectivity index (χ1v) is 35.9. The third-order valence-corrected chi connectivity index (χ3v) is 29.9. The van der Waals surface area contributed by atoms with Gasteiger partial charge < -0.3 is 45.3 Å². The molecule has 8 fully saturated rings. The van der Waals surface area contributed by atoms with E-state index < -0.39 is 23.0 Å². The maximum absolute atomic E-state index is 14.9. The number of fused-ring (bicyclic) bond motifs is 14. The van der Waals surface area contributed by atoms with Gasteiger partial charge in [0.25, 0.3) is 0 Å². The Kier molecular flexibility index (Phi) is 17.5. The summed E-state index contributed by atoms with van der Waals surface area (Å²) >= 11 is 0. The van der Waals surface area contributed by atoms with Crippen LogP contribution in [0.5, 0.6) is 0 Å². The third kappa shape index (κ3) is 10.7. The highest BCUT2D eigenvalue weighted by atomic mass is 16.5. The predicted molar refractivity (Wildman–Crippen MR) is 349 cm³/mol. The number of carbonyl (C=O) groups excluding carboxylic acids is 2. The summed E-state index contributed by atoms with van der Waals surface area (Å²) in [5.74, 6) is 1.53. The maximum atomic E-state index is 14.9. The topological polar surface area (TPSA) is 228 Å². The molecule has 18 atom stereocenters. The average Bonchev–Trinajstić information content (AvgIpc) is 1.05. The number of hydrogen-bond acceptors (Lipinski definition) is 13. The first-order valence-electron chi connectivity index (χ1n) is 35.9. The Morgan fingerprint density at radius 3 is 1.23 bits per heavy atom. The first-order chi connectivity index (χ1) is 42.7. The van der Waals surface area contributed by atoms with Gasteiger partial charge in [0, 0.05) is 0 Å². The van der Waals surface area contributed by atoms with Gasteiger partial charge in [0.2, 0.25) is 11.8 Å². The van der Waals surface area contributed by atoms with E-state index in [-0.39, 0.29) is 103 Å². The fraction of sp³-hybridized carbons (Fsp3) is 0.865. The minimum absolute atomic E-state index is 0.0290. The lowest BCUT2D eigenvalue weighted by Crippen LogP contribution is -2.68. The zero-order valence-corrected chi connectivity index (χ0v) is 58.4. The van der Waals surface area contributed by atoms with E-state index in [9.17, 15) is 30.0 Å². The Balaban J connectivity index is 0.565. The molecular weight excluding hydrogens is 1140 g/mol. The molecule has 2 amide bonds. The second-order valence-electron chi connectivity index (χ2n) is 35.9. The summed E-state index contributed by atoms with van der Waals surface area (Å²) in [4.78, 5) is 29.7. The van der Waals surface area contributed by atoms with Crippen molar-refractivity contribution in [3.8, 4) is 0 Å². The second kappa shape index (κ2) is 23.6. The predicted octanol–water partition coefficient (Wildman–Crippen LogP) is 11.1. The molecular formula is C74H118N8O9. The number of ether oxygens (including phenoxy) is 3. The number of aliphatic hydroxyl groups excluding tert-OH is 4. The normalized spacial score (nSPS) is 43.1. The number of hydrogen-bond donors (Lipinski definition) is 6. The standard InChI is InChI=1S/C74H118N8O9/c1-63(2)27-29-73(51(39-63)49-15-17-55-67(9)23-21-57(83)65(5,6)53(67)19-25-69(55,11)71(49,13)41-59(73)85)61(87)75-43-47-45-81(79-77-47)31-33-89-35-37-91-38-36-90-34-32-82-46-48(78-80-82)44-76-62(88)74-30-28-64(3,4)40-52(74)50-16-18-56-68(10)24-22-58(84)66(7,8)54(68)20-26-70(56,12)72(50,14)42-60(74)86/h15-16,45-46,51-60,83-86H,17-44H2,1-14H3,(H,75,87)(H,76,88)/t51-,52-,53-,54-,55+,56+,57-,58-,59+,60+,67-,68-,69+,70+,71+,72+,73+,74+/m0/s1. The van der Waals surface area contributed by atoms with Crippen molar-refractivity contribution < 1.29 is 44.2 Å². The maximum Gasteiger partial charge on any atom is 0.229 e. The van der Waals surface area contributed by atoms with Gasteiger partial charge in [-0.3, -0.25) is 9.59 Å². The molecule has 10 aliphatic carbocycles. The van der Waals surface area contributed by atoms with Gasteiger partial charge in [-0.15, -0.1) is 10.2 Å². The van der Waals surface area contributed by atoms with Crippen LogP contribution >= 0.6 is 0 Å². The lowest BCUT2D eigenvalue weighted by molar-refractivity contribution is -0.215. The summed E-state index contributed by atoms with van der Waals surface area (Å²) in [7, 11) is 0. The zero-order valence-electron chi connectivity index (χ0n) is 58.4. The van der Waals surface area contributed by atoms with Crippen LogP contribution in [0.4, 0.5) is 0 Å². The van der Waals surface area contributed by atoms with Crippen molar-refractivity contribution in [3.63, 3.8) is 0 Å². The summed E-state index contributed by atoms with van der Waals surface area (Å²) in [5.41, 5.74) is 1.82. The molecule has 0 aromatic carbocycles. The molecule has 91 heavy (non-hydrogen) atoms. The SMILES string of the molecule is CC1(C)CC[C@]2(C(=O)NCc3cn(CCOCCOCCOCCn4cc(CNC(=O)[C@]56CCC(C)(C)C[C@H]5C5=CC[C@@H]7[C@@]8(C)CC[C@H](O)C(C)(C)[C@@H]8CC[C@@]7(C)[C@]5(C)C[C@H]6O)nn4)nn3)[C@H](O)C[C@]3(C)C(=CC[C@@H]4[C@@]5(C)CC[C@H](O)C(C)(C)[C@@H]5CC[C@]43C)[C@@H]2C1. The highest BCUT2D eigenvalue weighted by Gasteiger charge is 2.73. The Morgan fingerprint density at radius 2 is 0.846 bits per heavy atom. The smallest absolute Gasteiger partial charge is 0.229 e. The number of rotatable bonds is 18. The van der Waals surface area contributed by atoms with Crippen LogP contribution in [0.25, 0.3) is 0 Å². The summed E-state index contributed by atoms with van der Waals surface area (Å²) in [5, 5.41) is 71.7. The van der Waals surface area contributed by atoms with Gasteiger partial charge in [0.1, 0.15) is 11.4 Å². The van der Waals surface area contributed by atoms with E-state index in [0.29, 0.717) is 113 Å². The molecule has 6 N–H and O–H groups in total. The van der Waals surface area contributed by atoms with Gasteiger partial charge in [0.15, 0.2) is 0 Å². The number of nitrogens with zero attached hydrogens (tertiary/aromatic N) is 6. The lowest BCUT2D eigenvalue weighted by Gasteiger charge is -2.71. The molecule has 508 valence electrons. The molecule has 0 bridgehead atoms. The van der Waals surface area contributed by atoms with Crippen LogP contribution in [-0.4, -0.2) is 126 Å². The summed E-state index contributed by atoms with van der Waals surface area (Å²) in [6.07, 6.45) is 22.7. The molecule has 0 unspecified atom stereocenters. The highest BCUT2D eigenvalue weighted by molar-refractivity contribution is 5.85. The van der Waals surface area contributed by atoms with Gasteiger partial charge in [-0.2, -0.15) is 0 Å². The molecule has 0 radical (unpaired) electrons. The monoisotopic (exact) mass is 1260 g/mol. The van der Waals surface area contributed by atoms with Crippen LogP contribution in [-0.2, 0) is 50.0 Å². The largest absolute Gasteiger partial charge is 0.393 e. The van der Waals surface area contributed by atoms with Crippen LogP contribution in [0.2, 0.25) is 0 Å². The van der Waals surface area contributed by atoms with E-state index >= 15 is 0 Å². The molecule has 17 nitrogen and oxygen atoms in total. The van der Waals surface area contributed by atoms with E-state index in [1.807, 2.05) is 12.4 Å². The van der Waals surface area contributed by atoms with Crippen molar-refractivity contribution in [2.24, 2.45) is 100 Å². The van der Waals surface area contributed by atoms with Crippen LogP contribution < -0.4 is 10.6 Å². The fourth-order valence-electron chi connectivity index (χ4n) is 24.1. The Bertz CT molecular complexity index is 2900. The molecule has 10 aliphatic rings. The minimum Gasteiger partial charge on any atom is -0.393 e. The Morgan fingerprint density at radius 1 is 0.473 bits per heavy atom. The van der Waals surface area contributed by atoms with Gasteiger partial charge in [-0.1, -0.05) is 131 Å². The van der Waals surface area contributed by atoms with Crippen molar-refractivity contribution in [2.45, 2.75) is 263 Å². The minimum atomic E-state index is -0.910. The number of aliphatic hydroxyl groups is 4. The van der Waals surface area contributed by atoms with Crippen molar-refractivity contribution in [2.75, 3.05) is 39.6 Å². The van der Waals surface area contributed by atoms with Crippen molar-refractivity contribution in [1.82, 2.24) is 40.6 Å². The van der Waals surface area contributed by atoms with E-state index in [2.05, 4.69) is 140 Å². The lowest BCUT2D eigenvalue weighted by atomic mass is 9.33. The fourth-order valence-corrected chi connectivity index (χ4v) is 24.1. The molecule has 0 aliphatic heterocycles. The second-order valence-corrected chi connectivity index (χ2v) is 35.9. The van der Waals surface area contributed by atoms with Gasteiger partial charge >= 0.3 is 0 Å². The van der Waals surface area contributed by atoms with E-state index in [4.69, 9.17) is 14.2 Å². The quantitative estimate of drug-likeness (QED) is 0.0604. The number of allylic oxidation sites excluding steroid dienone is 4. The molecule has 17 heteroatoms. The highest BCUT2D eigenvalue weighted by Crippen LogP contribution is 2.78. The van der Waals surface area contributed by atoms with Crippen LogP contribution in [0.1, 0.15) is 224 Å². The van der Waals surface area contributed by atoms with Crippen LogP contribution in [0.15, 0.2) is 35.7 Å². The van der Waals surface area contributed by atoms with Gasteiger partial charge in [0.05, 0.1) is 113 Å². The van der Waals surface area contributed by atoms with E-state index in [1.54, 1.807) is 9.36 Å². The third-order valence-electron chi connectivity index (χ3n) is 29.9. The molecule has 12 rings (SSSR count). The van der Waals surface area contributed by atoms with Crippen LogP contribution in [0.3, 0.4) is 0 Å². The molecule has 0 saturated heterocycles. The van der Waals surface area contributed by atoms with Crippen molar-refractivity contribution in [3.05, 3.63) is 47.1 Å². The van der Waals surface area contributed by atoms with Gasteiger partial charge in [-0.05, 0) is 205 Å². The van der Waals surface area contributed by atoms with Gasteiger partial charge in [-0.25, -0.2) is 9.36 Å².